The molecule has 3 aromatic rings. The molecule has 3 aromatic heterocycles. The molecule has 0 spiro atoms. The van der Waals surface area contributed by atoms with Crippen molar-refractivity contribution < 1.29 is 0 Å². The summed E-state index contributed by atoms with van der Waals surface area (Å²) in [6, 6.07) is 0. The second kappa shape index (κ2) is 4.86. The number of aryl methyl sites for hydroxylation is 3. The molecule has 0 amide bonds. The second-order valence-corrected chi connectivity index (χ2v) is 6.95. The van der Waals surface area contributed by atoms with Crippen molar-refractivity contribution >= 4 is 33.3 Å². The van der Waals surface area contributed by atoms with Crippen molar-refractivity contribution in [2.45, 2.75) is 42.8 Å². The molecule has 20 heavy (non-hydrogen) atoms. The van der Waals surface area contributed by atoms with Crippen molar-refractivity contribution in [2.24, 2.45) is 0 Å². The highest BCUT2D eigenvalue weighted by molar-refractivity contribution is 7.99. The Hall–Kier alpha value is -1.40. The summed E-state index contributed by atoms with van der Waals surface area (Å²) in [6.07, 6.45) is 8.16. The minimum atomic E-state index is 0.916. The van der Waals surface area contributed by atoms with E-state index in [1.165, 1.54) is 28.7 Å². The van der Waals surface area contributed by atoms with Crippen LogP contribution in [0.2, 0.25) is 0 Å². The number of hydrogen-bond donors (Lipinski definition) is 1. The predicted molar refractivity (Wildman–Crippen MR) is 81.5 cm³/mol. The molecule has 3 heterocycles. The third kappa shape index (κ3) is 1.94. The summed E-state index contributed by atoms with van der Waals surface area (Å²) < 4.78 is 0. The summed E-state index contributed by atoms with van der Waals surface area (Å²) >= 11 is 3.44. The number of fused-ring (bicyclic) bond motifs is 3. The van der Waals surface area contributed by atoms with Crippen LogP contribution in [0.25, 0.3) is 10.2 Å². The summed E-state index contributed by atoms with van der Waals surface area (Å²) in [5.74, 6) is 0. The number of aromatic amines is 1. The van der Waals surface area contributed by atoms with E-state index in [1.54, 1.807) is 18.1 Å². The molecule has 102 valence electrons. The molecule has 0 bridgehead atoms. The molecule has 0 saturated carbocycles. The summed E-state index contributed by atoms with van der Waals surface area (Å²) in [6.45, 7) is 2.12. The number of rotatable bonds is 3. The third-order valence-corrected chi connectivity index (χ3v) is 5.75. The van der Waals surface area contributed by atoms with Crippen LogP contribution < -0.4 is 0 Å². The van der Waals surface area contributed by atoms with Gasteiger partial charge in [-0.15, -0.1) is 11.3 Å². The number of aromatic nitrogens is 4. The van der Waals surface area contributed by atoms with Gasteiger partial charge in [-0.1, -0.05) is 6.92 Å². The van der Waals surface area contributed by atoms with Crippen molar-refractivity contribution in [1.82, 2.24) is 19.9 Å². The van der Waals surface area contributed by atoms with Crippen LogP contribution in [-0.4, -0.2) is 19.9 Å². The van der Waals surface area contributed by atoms with E-state index >= 15 is 0 Å². The Morgan fingerprint density at radius 3 is 3.10 bits per heavy atom. The highest BCUT2D eigenvalue weighted by Gasteiger charge is 2.21. The van der Waals surface area contributed by atoms with Gasteiger partial charge in [0.25, 0.3) is 0 Å². The number of nitrogens with one attached hydrogen (secondary N) is 1. The smallest absolute Gasteiger partial charge is 0.171 e. The predicted octanol–water partition coefficient (Wildman–Crippen LogP) is 3.62. The van der Waals surface area contributed by atoms with E-state index in [0.717, 1.165) is 33.5 Å². The largest absolute Gasteiger partial charge is 0.337 e. The Morgan fingerprint density at radius 1 is 1.30 bits per heavy atom. The quantitative estimate of drug-likeness (QED) is 0.751. The molecule has 1 aliphatic carbocycles. The van der Waals surface area contributed by atoms with Crippen molar-refractivity contribution in [3.05, 3.63) is 28.7 Å². The fourth-order valence-corrected chi connectivity index (χ4v) is 4.82. The van der Waals surface area contributed by atoms with Crippen molar-refractivity contribution in [2.75, 3.05) is 0 Å². The third-order valence-electron chi connectivity index (χ3n) is 3.65. The molecule has 4 nitrogen and oxygen atoms in total. The van der Waals surface area contributed by atoms with Gasteiger partial charge >= 0.3 is 0 Å². The summed E-state index contributed by atoms with van der Waals surface area (Å²) in [5, 5.41) is 3.20. The van der Waals surface area contributed by atoms with Crippen LogP contribution in [0.3, 0.4) is 0 Å². The number of imidazole rings is 1. The van der Waals surface area contributed by atoms with Crippen LogP contribution in [0, 0.1) is 0 Å². The number of H-pyrrole nitrogens is 1. The summed E-state index contributed by atoms with van der Waals surface area (Å²) in [7, 11) is 0. The van der Waals surface area contributed by atoms with Gasteiger partial charge in [0.1, 0.15) is 16.2 Å². The minimum absolute atomic E-state index is 0.916. The lowest BCUT2D eigenvalue weighted by Crippen LogP contribution is -1.88. The highest BCUT2D eigenvalue weighted by atomic mass is 32.2. The zero-order valence-corrected chi connectivity index (χ0v) is 12.8. The van der Waals surface area contributed by atoms with E-state index in [-0.39, 0.29) is 0 Å². The molecule has 0 aliphatic heterocycles. The first-order valence-electron chi connectivity index (χ1n) is 6.82. The number of thiophene rings is 1. The first-order valence-corrected chi connectivity index (χ1v) is 8.45. The van der Waals surface area contributed by atoms with E-state index in [0.29, 0.717) is 0 Å². The topological polar surface area (TPSA) is 54.5 Å². The lowest BCUT2D eigenvalue weighted by molar-refractivity contribution is 0.915. The maximum absolute atomic E-state index is 4.49. The van der Waals surface area contributed by atoms with E-state index in [9.17, 15) is 0 Å². The Kier molecular flexibility index (Phi) is 3.00. The molecule has 0 aromatic carbocycles. The van der Waals surface area contributed by atoms with Crippen LogP contribution >= 0.6 is 23.1 Å². The first kappa shape index (κ1) is 12.3. The van der Waals surface area contributed by atoms with Crippen LogP contribution in [0.15, 0.2) is 22.7 Å². The molecule has 6 heteroatoms. The second-order valence-electron chi connectivity index (χ2n) is 4.89. The highest BCUT2D eigenvalue weighted by Crippen LogP contribution is 2.41. The molecule has 4 rings (SSSR count). The van der Waals surface area contributed by atoms with Gasteiger partial charge in [-0.05, 0) is 43.0 Å². The molecule has 0 saturated heterocycles. The number of nitrogens with zero attached hydrogens (tertiary/aromatic N) is 3. The molecule has 0 unspecified atom stereocenters. The maximum Gasteiger partial charge on any atom is 0.171 e. The van der Waals surface area contributed by atoms with E-state index in [2.05, 4.69) is 26.9 Å². The lowest BCUT2D eigenvalue weighted by Gasteiger charge is -2.01. The molecule has 0 fully saturated rings. The normalized spacial score (nSPS) is 14.1. The zero-order valence-electron chi connectivity index (χ0n) is 11.1. The average Bonchev–Trinajstić information content (AvgIpc) is 3.13. The monoisotopic (exact) mass is 302 g/mol. The molecule has 1 aliphatic rings. The molecule has 0 atom stereocenters. The van der Waals surface area contributed by atoms with Crippen molar-refractivity contribution in [3.63, 3.8) is 0 Å². The van der Waals surface area contributed by atoms with Gasteiger partial charge in [0, 0.05) is 22.2 Å². The summed E-state index contributed by atoms with van der Waals surface area (Å²) in [5.41, 5.74) is 2.63. The molecular formula is C14H14N4S2. The van der Waals surface area contributed by atoms with Gasteiger partial charge in [0.15, 0.2) is 5.16 Å². The molecule has 1 N–H and O–H groups in total. The molecule has 0 radical (unpaired) electrons. The van der Waals surface area contributed by atoms with Crippen LogP contribution in [0.1, 0.15) is 29.5 Å². The zero-order chi connectivity index (χ0) is 13.5. The van der Waals surface area contributed by atoms with Gasteiger partial charge in [-0.25, -0.2) is 15.0 Å². The van der Waals surface area contributed by atoms with E-state index in [1.807, 2.05) is 17.5 Å². The lowest BCUT2D eigenvalue weighted by atomic mass is 10.2. The van der Waals surface area contributed by atoms with Crippen molar-refractivity contribution in [3.8, 4) is 0 Å². The van der Waals surface area contributed by atoms with Gasteiger partial charge in [0.05, 0.1) is 0 Å². The Labute approximate surface area is 125 Å². The maximum atomic E-state index is 4.49. The Morgan fingerprint density at radius 2 is 2.25 bits per heavy atom. The fraction of sp³-hybridized carbons (Fsp3) is 0.357. The Balaban J connectivity index is 1.79. The van der Waals surface area contributed by atoms with Crippen LogP contribution in [0.4, 0.5) is 0 Å². The van der Waals surface area contributed by atoms with E-state index in [4.69, 9.17) is 0 Å². The van der Waals surface area contributed by atoms with Crippen LogP contribution in [0.5, 0.6) is 0 Å². The summed E-state index contributed by atoms with van der Waals surface area (Å²) in [4.78, 5) is 19.3. The number of hydrogen-bond acceptors (Lipinski definition) is 5. The first-order chi connectivity index (χ1) is 9.85. The molecular weight excluding hydrogens is 288 g/mol. The Bertz CT molecular complexity index is 775. The van der Waals surface area contributed by atoms with Gasteiger partial charge in [-0.3, -0.25) is 0 Å². The SMILES string of the molecule is CCc1cnc(Sc2ncnc3sc4c(c23)CCC4)[nH]1. The van der Waals surface area contributed by atoms with Gasteiger partial charge in [0.2, 0.25) is 0 Å². The average molecular weight is 302 g/mol. The standard InChI is InChI=1S/C14H14N4S2/c1-2-8-6-15-14(18-8)20-13-11-9-4-3-5-10(9)19-12(11)16-7-17-13/h6-7H,2-5H2,1H3,(H,15,18). The van der Waals surface area contributed by atoms with Crippen LogP contribution in [-0.2, 0) is 19.3 Å². The van der Waals surface area contributed by atoms with Gasteiger partial charge in [-0.2, -0.15) is 0 Å². The fourth-order valence-electron chi connectivity index (χ4n) is 2.64. The minimum Gasteiger partial charge on any atom is -0.337 e. The van der Waals surface area contributed by atoms with Gasteiger partial charge < -0.3 is 4.98 Å². The van der Waals surface area contributed by atoms with Crippen molar-refractivity contribution in [1.29, 1.82) is 0 Å². The van der Waals surface area contributed by atoms with E-state index < -0.39 is 0 Å².